The SMILES string of the molecule is Cc1cc(C)c(N2[CH-]N(c3c(C)cc(C)cc3C)CC2)c(C)c1.Oc1ccccc1[CH]=[Ru][I].[CH3-]. The van der Waals surface area contributed by atoms with E-state index in [0.717, 1.165) is 18.7 Å². The minimum Gasteiger partial charge on any atom is -0.358 e. The quantitative estimate of drug-likeness (QED) is 0.181. The molecule has 4 rings (SSSR count). The molecule has 0 amide bonds. The van der Waals surface area contributed by atoms with Crippen LogP contribution in [0.25, 0.3) is 0 Å². The Labute approximate surface area is 224 Å². The molecule has 0 unspecified atom stereocenters. The minimum atomic E-state index is 0. The predicted molar refractivity (Wildman–Crippen MR) is 154 cm³/mol. The van der Waals surface area contributed by atoms with Crippen molar-refractivity contribution in [3.63, 3.8) is 0 Å². The Morgan fingerprint density at radius 2 is 1.21 bits per heavy atom. The fraction of sp³-hybridized carbons (Fsp3) is 0.276. The Morgan fingerprint density at radius 1 is 0.794 bits per heavy atom. The molecule has 1 saturated heterocycles. The van der Waals surface area contributed by atoms with Gasteiger partial charge in [-0.2, -0.15) is 6.67 Å². The Balaban J connectivity index is 0.000000314. The zero-order chi connectivity index (χ0) is 24.1. The van der Waals surface area contributed by atoms with Crippen LogP contribution in [-0.2, 0) is 13.2 Å². The molecule has 3 aromatic rings. The van der Waals surface area contributed by atoms with Gasteiger partial charge < -0.3 is 17.2 Å². The third-order valence-electron chi connectivity index (χ3n) is 5.79. The van der Waals surface area contributed by atoms with Crippen LogP contribution in [0.15, 0.2) is 48.5 Å². The first-order chi connectivity index (χ1) is 15.7. The molecule has 3 aromatic carbocycles. The van der Waals surface area contributed by atoms with Gasteiger partial charge in [0.1, 0.15) is 0 Å². The number of phenols is 1. The van der Waals surface area contributed by atoms with Gasteiger partial charge in [0.05, 0.1) is 0 Å². The third-order valence-corrected chi connectivity index (χ3v) is 7.82. The zero-order valence-corrected chi connectivity index (χ0v) is 25.2. The summed E-state index contributed by atoms with van der Waals surface area (Å²) in [5.74, 6) is 0.383. The summed E-state index contributed by atoms with van der Waals surface area (Å²) in [4.78, 5) is 4.81. The van der Waals surface area contributed by atoms with Crippen LogP contribution in [0.2, 0.25) is 0 Å². The van der Waals surface area contributed by atoms with E-state index in [0.29, 0.717) is 5.75 Å². The predicted octanol–water partition coefficient (Wildman–Crippen LogP) is 7.41. The summed E-state index contributed by atoms with van der Waals surface area (Å²) < 4.78 is 2.07. The summed E-state index contributed by atoms with van der Waals surface area (Å²) in [6.07, 6.45) is 0. The Kier molecular flexibility index (Phi) is 10.8. The number of anilines is 2. The summed E-state index contributed by atoms with van der Waals surface area (Å²) >= 11 is 2.58. The molecule has 0 bridgehead atoms. The third kappa shape index (κ3) is 6.91. The van der Waals surface area contributed by atoms with Crippen LogP contribution in [0.3, 0.4) is 0 Å². The fourth-order valence-electron chi connectivity index (χ4n) is 4.70. The van der Waals surface area contributed by atoms with Gasteiger partial charge in [-0.1, -0.05) is 35.4 Å². The fourth-order valence-corrected chi connectivity index (χ4v) is 6.74. The van der Waals surface area contributed by atoms with Crippen LogP contribution >= 0.6 is 19.8 Å². The van der Waals surface area contributed by atoms with Gasteiger partial charge in [0.2, 0.25) is 0 Å². The number of halogens is 1. The van der Waals surface area contributed by atoms with Crippen LogP contribution < -0.4 is 9.80 Å². The molecular formula is C29H36IN2ORu-2. The van der Waals surface area contributed by atoms with Crippen molar-refractivity contribution in [3.8, 4) is 5.75 Å². The first-order valence-corrected chi connectivity index (χ1v) is 17.3. The van der Waals surface area contributed by atoms with Gasteiger partial charge in [0.15, 0.2) is 0 Å². The van der Waals surface area contributed by atoms with Crippen LogP contribution in [0.4, 0.5) is 11.4 Å². The van der Waals surface area contributed by atoms with E-state index in [4.69, 9.17) is 0 Å². The molecule has 3 nitrogen and oxygen atoms in total. The maximum absolute atomic E-state index is 9.22. The van der Waals surface area contributed by atoms with E-state index in [2.05, 4.69) is 107 Å². The summed E-state index contributed by atoms with van der Waals surface area (Å²) in [5, 5.41) is 9.22. The maximum Gasteiger partial charge on any atom is -0.358 e. The van der Waals surface area contributed by atoms with Crippen molar-refractivity contribution in [2.45, 2.75) is 41.5 Å². The smallest absolute Gasteiger partial charge is 0.358 e. The number of rotatable bonds is 3. The van der Waals surface area contributed by atoms with Gasteiger partial charge >= 0.3 is 78.2 Å². The van der Waals surface area contributed by atoms with E-state index < -0.39 is 0 Å². The number of aromatic hydroxyl groups is 1. The largest absolute Gasteiger partial charge is 0.358 e. The first-order valence-electron chi connectivity index (χ1n) is 11.1. The molecular weight excluding hydrogens is 620 g/mol. The van der Waals surface area contributed by atoms with E-state index in [1.165, 1.54) is 44.8 Å². The Bertz CT molecular complexity index is 1050. The summed E-state index contributed by atoms with van der Waals surface area (Å²) in [6, 6.07) is 16.5. The van der Waals surface area contributed by atoms with Crippen molar-refractivity contribution in [1.29, 1.82) is 0 Å². The van der Waals surface area contributed by atoms with Crippen molar-refractivity contribution in [3.05, 3.63) is 102 Å². The van der Waals surface area contributed by atoms with Crippen molar-refractivity contribution in [2.24, 2.45) is 0 Å². The number of phenolic OH excluding ortho intramolecular Hbond substituents is 1. The van der Waals surface area contributed by atoms with E-state index >= 15 is 0 Å². The van der Waals surface area contributed by atoms with Gasteiger partial charge in [0.25, 0.3) is 0 Å². The molecule has 0 saturated carbocycles. The van der Waals surface area contributed by atoms with Gasteiger partial charge in [0, 0.05) is 24.5 Å². The molecule has 0 radical (unpaired) electrons. The average Bonchev–Trinajstić information content (AvgIpc) is 3.18. The van der Waals surface area contributed by atoms with Crippen molar-refractivity contribution >= 4 is 35.7 Å². The van der Waals surface area contributed by atoms with E-state index in [-0.39, 0.29) is 20.6 Å². The second-order valence-corrected chi connectivity index (χ2v) is 12.2. The monoisotopic (exact) mass is 657 g/mol. The second-order valence-electron chi connectivity index (χ2n) is 8.73. The second kappa shape index (κ2) is 12.8. The summed E-state index contributed by atoms with van der Waals surface area (Å²) in [7, 11) is 0. The summed E-state index contributed by atoms with van der Waals surface area (Å²) in [6.45, 7) is 17.6. The first kappa shape index (κ1) is 28.5. The topological polar surface area (TPSA) is 26.7 Å². The minimum absolute atomic E-state index is 0. The molecule has 0 atom stereocenters. The van der Waals surface area contributed by atoms with Crippen LogP contribution in [-0.4, -0.2) is 22.8 Å². The number of para-hydroxylation sites is 1. The number of hydrogen-bond donors (Lipinski definition) is 1. The number of benzene rings is 3. The number of hydrogen-bond acceptors (Lipinski definition) is 3. The average molecular weight is 657 g/mol. The van der Waals surface area contributed by atoms with Gasteiger partial charge in [-0.05, 0) is 63.8 Å². The molecule has 185 valence electrons. The van der Waals surface area contributed by atoms with Gasteiger partial charge in [-0.15, -0.1) is 0 Å². The number of nitrogens with zero attached hydrogens (tertiary/aromatic N) is 2. The zero-order valence-electron chi connectivity index (χ0n) is 21.3. The molecule has 1 aliphatic heterocycles. The van der Waals surface area contributed by atoms with Crippen molar-refractivity contribution in [1.82, 2.24) is 0 Å². The van der Waals surface area contributed by atoms with Gasteiger partial charge in [-0.25, -0.2) is 0 Å². The van der Waals surface area contributed by atoms with Crippen LogP contribution in [0, 0.1) is 55.6 Å². The number of aryl methyl sites for hydroxylation is 6. The Hall–Kier alpha value is -1.72. The van der Waals surface area contributed by atoms with E-state index in [1.807, 2.05) is 18.2 Å². The molecule has 1 N–H and O–H groups in total. The van der Waals surface area contributed by atoms with Gasteiger partial charge in [-0.3, -0.25) is 0 Å². The normalized spacial score (nSPS) is 13.3. The molecule has 0 aromatic heterocycles. The molecule has 1 heterocycles. The van der Waals surface area contributed by atoms with E-state index in [1.54, 1.807) is 6.07 Å². The van der Waals surface area contributed by atoms with Crippen LogP contribution in [0.1, 0.15) is 38.9 Å². The molecule has 0 aliphatic carbocycles. The molecule has 0 spiro atoms. The molecule has 5 heteroatoms. The molecule has 1 fully saturated rings. The van der Waals surface area contributed by atoms with Crippen molar-refractivity contribution in [2.75, 3.05) is 22.9 Å². The Morgan fingerprint density at radius 3 is 1.59 bits per heavy atom. The summed E-state index contributed by atoms with van der Waals surface area (Å²) in [5.41, 5.74) is 11.8. The molecule has 1 aliphatic rings. The van der Waals surface area contributed by atoms with Crippen molar-refractivity contribution < 1.29 is 18.3 Å². The maximum atomic E-state index is 9.22. The molecule has 34 heavy (non-hydrogen) atoms. The standard InChI is InChI=1S/C21H27N2.C7H6O.CH3.HI.Ru/c1-14-9-16(3)20(17(4)10-14)22-7-8-23(13-22)21-18(5)11-15(2)12-19(21)6;1-6-4-2-3-5-7(6)8;;;/h9-13H,7-8H2,1-6H3;1-5,8H;1H3;1H;/q-1;;-1;;+1/p-1. The van der Waals surface area contributed by atoms with E-state index in [9.17, 15) is 5.11 Å². The van der Waals surface area contributed by atoms with Crippen LogP contribution in [0.5, 0.6) is 5.75 Å².